The molecule has 35 heavy (non-hydrogen) atoms. The molecule has 9 nitrogen and oxygen atoms in total. The first kappa shape index (κ1) is 26.3. The summed E-state index contributed by atoms with van der Waals surface area (Å²) >= 11 is 2.16. The maximum Gasteiger partial charge on any atom is 0.252 e. The van der Waals surface area contributed by atoms with Crippen LogP contribution < -0.4 is 10.1 Å². The fourth-order valence-corrected chi connectivity index (χ4v) is 5.33. The van der Waals surface area contributed by atoms with Crippen LogP contribution in [0.15, 0.2) is 35.9 Å². The number of halogens is 1. The largest absolute Gasteiger partial charge is 0.482 e. The van der Waals surface area contributed by atoms with E-state index in [4.69, 9.17) is 19.3 Å². The number of carbonyl (C=O) groups excluding carboxylic acids is 2. The van der Waals surface area contributed by atoms with Crippen LogP contribution in [0.3, 0.4) is 0 Å². The van der Waals surface area contributed by atoms with Crippen molar-refractivity contribution in [3.63, 3.8) is 0 Å². The van der Waals surface area contributed by atoms with Gasteiger partial charge in [0.2, 0.25) is 5.91 Å². The number of para-hydroxylation sites is 1. The molecule has 2 heterocycles. The highest BCUT2D eigenvalue weighted by atomic mass is 127. The van der Waals surface area contributed by atoms with E-state index in [1.165, 1.54) is 0 Å². The maximum absolute atomic E-state index is 13.6. The molecule has 1 aliphatic carbocycles. The summed E-state index contributed by atoms with van der Waals surface area (Å²) in [6.07, 6.45) is 2.39. The van der Waals surface area contributed by atoms with Gasteiger partial charge in [0, 0.05) is 38.3 Å². The summed E-state index contributed by atoms with van der Waals surface area (Å²) in [6, 6.07) is 6.74. The first-order chi connectivity index (χ1) is 17.0. The molecule has 5 atom stereocenters. The maximum atomic E-state index is 13.6. The zero-order chi connectivity index (χ0) is 24.8. The highest BCUT2D eigenvalue weighted by Gasteiger charge is 2.43. The number of aliphatic hydroxyl groups is 2. The quantitative estimate of drug-likeness (QED) is 0.367. The standard InChI is InChI=1S/C25H33IN2O7/c26-18-6-1-2-7-20(18)35-22-14-16(24(31)27-9-10-29)13-19(23(22)30)28(15-17-5-3-11-33-17)25(32)21-8-4-12-34-21/h1-2,6-7,14,17,19,21-23,29-30H,3-5,8-13,15H2,(H,27,31)/t17-,19-,21?,22+,23+/m1/s1. The lowest BCUT2D eigenvalue weighted by Gasteiger charge is -2.42. The molecule has 0 spiro atoms. The van der Waals surface area contributed by atoms with Gasteiger partial charge in [0.05, 0.1) is 22.3 Å². The van der Waals surface area contributed by atoms with Crippen LogP contribution in [-0.2, 0) is 19.1 Å². The molecule has 4 rings (SSSR count). The number of benzene rings is 1. The number of ether oxygens (including phenoxy) is 3. The fourth-order valence-electron chi connectivity index (χ4n) is 4.82. The molecular formula is C25H33IN2O7. The van der Waals surface area contributed by atoms with Crippen LogP contribution in [0.4, 0.5) is 0 Å². The highest BCUT2D eigenvalue weighted by molar-refractivity contribution is 14.1. The normalized spacial score (nSPS) is 28.4. The molecule has 2 aliphatic heterocycles. The van der Waals surface area contributed by atoms with Crippen molar-refractivity contribution in [1.82, 2.24) is 10.2 Å². The number of aliphatic hydroxyl groups excluding tert-OH is 2. The average Bonchev–Trinajstić information content (AvgIpc) is 3.58. The number of hydrogen-bond donors (Lipinski definition) is 3. The van der Waals surface area contributed by atoms with Gasteiger partial charge in [-0.25, -0.2) is 0 Å². The summed E-state index contributed by atoms with van der Waals surface area (Å²) in [7, 11) is 0. The third-order valence-electron chi connectivity index (χ3n) is 6.63. The molecule has 2 amide bonds. The van der Waals surface area contributed by atoms with E-state index in [0.717, 1.165) is 22.8 Å². The van der Waals surface area contributed by atoms with Gasteiger partial charge in [0.25, 0.3) is 5.91 Å². The Labute approximate surface area is 218 Å². The number of amides is 2. The Morgan fingerprint density at radius 3 is 2.63 bits per heavy atom. The molecule has 192 valence electrons. The molecule has 1 aromatic rings. The van der Waals surface area contributed by atoms with Crippen molar-refractivity contribution < 1.29 is 34.0 Å². The molecule has 3 aliphatic rings. The SMILES string of the molecule is O=C(NCCO)C1=C[C@H](Oc2ccccc2I)[C@@H](O)[C@H](N(C[C@H]2CCCO2)C(=O)C2CCCO2)C1. The second kappa shape index (κ2) is 12.5. The zero-order valence-electron chi connectivity index (χ0n) is 19.6. The van der Waals surface area contributed by atoms with E-state index in [-0.39, 0.29) is 37.5 Å². The van der Waals surface area contributed by atoms with Crippen LogP contribution in [0.25, 0.3) is 0 Å². The lowest BCUT2D eigenvalue weighted by Crippen LogP contribution is -2.58. The molecule has 3 N–H and O–H groups in total. The minimum absolute atomic E-state index is 0.111. The van der Waals surface area contributed by atoms with E-state index >= 15 is 0 Å². The fraction of sp³-hybridized carbons (Fsp3) is 0.600. The van der Waals surface area contributed by atoms with E-state index < -0.39 is 24.4 Å². The summed E-state index contributed by atoms with van der Waals surface area (Å²) < 4.78 is 18.5. The smallest absolute Gasteiger partial charge is 0.252 e. The average molecular weight is 600 g/mol. The molecule has 0 aromatic heterocycles. The second-order valence-electron chi connectivity index (χ2n) is 9.07. The molecule has 0 radical (unpaired) electrons. The lowest BCUT2D eigenvalue weighted by atomic mass is 9.87. The van der Waals surface area contributed by atoms with Crippen molar-refractivity contribution in [2.75, 3.05) is 32.9 Å². The van der Waals surface area contributed by atoms with Crippen molar-refractivity contribution in [3.05, 3.63) is 39.5 Å². The first-order valence-corrected chi connectivity index (χ1v) is 13.3. The minimum Gasteiger partial charge on any atom is -0.482 e. The number of rotatable bonds is 9. The predicted molar refractivity (Wildman–Crippen MR) is 136 cm³/mol. The van der Waals surface area contributed by atoms with E-state index in [1.807, 2.05) is 18.2 Å². The van der Waals surface area contributed by atoms with Crippen LogP contribution in [0.1, 0.15) is 32.1 Å². The highest BCUT2D eigenvalue weighted by Crippen LogP contribution is 2.31. The Morgan fingerprint density at radius 1 is 1.17 bits per heavy atom. The molecule has 0 saturated carbocycles. The van der Waals surface area contributed by atoms with Gasteiger partial charge in [-0.15, -0.1) is 0 Å². The molecular weight excluding hydrogens is 567 g/mol. The van der Waals surface area contributed by atoms with Crippen LogP contribution in [0.2, 0.25) is 0 Å². The first-order valence-electron chi connectivity index (χ1n) is 12.2. The third kappa shape index (κ3) is 6.53. The monoisotopic (exact) mass is 600 g/mol. The van der Waals surface area contributed by atoms with Gasteiger partial charge >= 0.3 is 0 Å². The number of nitrogens with one attached hydrogen (secondary N) is 1. The van der Waals surface area contributed by atoms with Gasteiger partial charge in [0.15, 0.2) is 0 Å². The predicted octanol–water partition coefficient (Wildman–Crippen LogP) is 1.39. The topological polar surface area (TPSA) is 118 Å². The van der Waals surface area contributed by atoms with Crippen LogP contribution in [0.5, 0.6) is 5.75 Å². The van der Waals surface area contributed by atoms with Gasteiger partial charge in [-0.2, -0.15) is 0 Å². The summed E-state index contributed by atoms with van der Waals surface area (Å²) in [5, 5.41) is 23.3. The summed E-state index contributed by atoms with van der Waals surface area (Å²) in [4.78, 5) is 28.1. The van der Waals surface area contributed by atoms with Gasteiger partial charge in [-0.3, -0.25) is 9.59 Å². The lowest BCUT2D eigenvalue weighted by molar-refractivity contribution is -0.150. The second-order valence-corrected chi connectivity index (χ2v) is 10.2. The van der Waals surface area contributed by atoms with Crippen LogP contribution in [0, 0.1) is 3.57 Å². The van der Waals surface area contributed by atoms with Gasteiger partial charge in [-0.05, 0) is 66.5 Å². The number of carbonyl (C=O) groups is 2. The van der Waals surface area contributed by atoms with Crippen molar-refractivity contribution in [2.45, 2.75) is 62.6 Å². The molecule has 2 saturated heterocycles. The van der Waals surface area contributed by atoms with E-state index in [1.54, 1.807) is 17.0 Å². The molecule has 2 fully saturated rings. The molecule has 0 bridgehead atoms. The Bertz CT molecular complexity index is 915. The van der Waals surface area contributed by atoms with Crippen molar-refractivity contribution in [3.8, 4) is 5.75 Å². The van der Waals surface area contributed by atoms with Gasteiger partial charge in [-0.1, -0.05) is 12.1 Å². The van der Waals surface area contributed by atoms with Gasteiger partial charge in [0.1, 0.15) is 24.1 Å². The van der Waals surface area contributed by atoms with Crippen molar-refractivity contribution in [2.24, 2.45) is 0 Å². The summed E-state index contributed by atoms with van der Waals surface area (Å²) in [5.41, 5.74) is 0.405. The minimum atomic E-state index is -1.06. The zero-order valence-corrected chi connectivity index (χ0v) is 21.8. The van der Waals surface area contributed by atoms with E-state index in [9.17, 15) is 14.7 Å². The van der Waals surface area contributed by atoms with Gasteiger partial charge < -0.3 is 34.6 Å². The Kier molecular flexibility index (Phi) is 9.40. The summed E-state index contributed by atoms with van der Waals surface area (Å²) in [6.45, 7) is 1.43. The Balaban J connectivity index is 1.63. The van der Waals surface area contributed by atoms with Crippen LogP contribution in [-0.4, -0.2) is 90.3 Å². The van der Waals surface area contributed by atoms with Crippen molar-refractivity contribution in [1.29, 1.82) is 0 Å². The summed E-state index contributed by atoms with van der Waals surface area (Å²) in [5.74, 6) is 0.0429. The van der Waals surface area contributed by atoms with Crippen molar-refractivity contribution >= 4 is 34.4 Å². The Hall–Kier alpha value is -1.73. The van der Waals surface area contributed by atoms with Crippen LogP contribution >= 0.6 is 22.6 Å². The number of hydrogen-bond acceptors (Lipinski definition) is 7. The van der Waals surface area contributed by atoms with E-state index in [2.05, 4.69) is 27.9 Å². The number of nitrogens with zero attached hydrogens (tertiary/aromatic N) is 1. The molecule has 1 aromatic carbocycles. The molecule has 10 heteroatoms. The molecule has 1 unspecified atom stereocenters. The Morgan fingerprint density at radius 2 is 1.94 bits per heavy atom. The van der Waals surface area contributed by atoms with E-state index in [0.29, 0.717) is 37.5 Å². The third-order valence-corrected chi connectivity index (χ3v) is 7.52.